The van der Waals surface area contributed by atoms with E-state index in [1.165, 1.54) is 51.4 Å². The van der Waals surface area contributed by atoms with Gasteiger partial charge in [0.15, 0.2) is 0 Å². The first-order valence-corrected chi connectivity index (χ1v) is 7.35. The molecule has 4 nitrogen and oxygen atoms in total. The summed E-state index contributed by atoms with van der Waals surface area (Å²) in [5.41, 5.74) is 0.833. The molecule has 0 radical (unpaired) electrons. The fourth-order valence-corrected chi connectivity index (χ4v) is 3.61. The van der Waals surface area contributed by atoms with Gasteiger partial charge in [-0.3, -0.25) is 9.98 Å². The summed E-state index contributed by atoms with van der Waals surface area (Å²) in [4.78, 5) is 8.36. The minimum absolute atomic E-state index is 0.417. The van der Waals surface area contributed by atoms with Gasteiger partial charge in [0.1, 0.15) is 0 Å². The molecule has 2 heterocycles. The molecule has 0 unspecified atom stereocenters. The molecule has 4 aliphatic rings. The van der Waals surface area contributed by atoms with Gasteiger partial charge in [0.25, 0.3) is 0 Å². The molecule has 4 heteroatoms. The zero-order valence-electron chi connectivity index (χ0n) is 11.1. The Morgan fingerprint density at radius 1 is 0.667 bits per heavy atom. The fraction of sp³-hybridized carbons (Fsp3) is 0.857. The average molecular weight is 248 g/mol. The van der Waals surface area contributed by atoms with E-state index in [9.17, 15) is 0 Å². The summed E-state index contributed by atoms with van der Waals surface area (Å²) < 4.78 is 0. The minimum Gasteiger partial charge on any atom is -0.369 e. The molecule has 100 valence electrons. The molecule has 2 aliphatic carbocycles. The highest BCUT2D eigenvalue weighted by atomic mass is 15.1. The second kappa shape index (κ2) is 4.90. The molecule has 0 aromatic carbocycles. The lowest BCUT2D eigenvalue weighted by Crippen LogP contribution is -2.39. The largest absolute Gasteiger partial charge is 0.369 e. The fourth-order valence-electron chi connectivity index (χ4n) is 3.61. The maximum atomic E-state index is 4.18. The van der Waals surface area contributed by atoms with Gasteiger partial charge in [-0.15, -0.1) is 0 Å². The van der Waals surface area contributed by atoms with Gasteiger partial charge < -0.3 is 10.6 Å². The zero-order chi connectivity index (χ0) is 12.3. The van der Waals surface area contributed by atoms with Crippen LogP contribution in [0.1, 0.15) is 51.4 Å². The van der Waals surface area contributed by atoms with Gasteiger partial charge in [0, 0.05) is 0 Å². The molecule has 0 amide bonds. The molecular formula is C14H24N4. The maximum Gasteiger partial charge on any atom is 0.0829 e. The van der Waals surface area contributed by atoms with Crippen LogP contribution in [0.4, 0.5) is 0 Å². The summed E-state index contributed by atoms with van der Waals surface area (Å²) in [6.45, 7) is 2.04. The lowest BCUT2D eigenvalue weighted by molar-refractivity contribution is 0.429. The van der Waals surface area contributed by atoms with Crippen LogP contribution in [-0.4, -0.2) is 36.8 Å². The van der Waals surface area contributed by atoms with E-state index >= 15 is 0 Å². The Hall–Kier alpha value is -1.06. The van der Waals surface area contributed by atoms with E-state index in [2.05, 4.69) is 20.6 Å². The van der Waals surface area contributed by atoms with Crippen LogP contribution in [0.2, 0.25) is 0 Å². The van der Waals surface area contributed by atoms with Crippen molar-refractivity contribution < 1.29 is 0 Å². The van der Waals surface area contributed by atoms with Crippen LogP contribution >= 0.6 is 0 Å². The molecule has 0 atom stereocenters. The topological polar surface area (TPSA) is 48.8 Å². The Morgan fingerprint density at radius 2 is 1.06 bits per heavy atom. The molecule has 4 rings (SSSR count). The molecule has 2 spiro atoms. The summed E-state index contributed by atoms with van der Waals surface area (Å²) >= 11 is 0. The SMILES string of the molecule is C1=NCC2(CCCC2)N1.C1=NCC2(CCCC2)N1. The van der Waals surface area contributed by atoms with Crippen molar-refractivity contribution in [2.45, 2.75) is 62.4 Å². The third kappa shape index (κ3) is 2.38. The highest BCUT2D eigenvalue weighted by Gasteiger charge is 2.35. The smallest absolute Gasteiger partial charge is 0.0829 e. The summed E-state index contributed by atoms with van der Waals surface area (Å²) in [6.07, 6.45) is 14.6. The van der Waals surface area contributed by atoms with E-state index in [0.29, 0.717) is 11.1 Å². The predicted molar refractivity (Wildman–Crippen MR) is 75.4 cm³/mol. The molecule has 2 saturated carbocycles. The summed E-state index contributed by atoms with van der Waals surface area (Å²) in [6, 6.07) is 0. The molecule has 0 saturated heterocycles. The maximum absolute atomic E-state index is 4.18. The van der Waals surface area contributed by atoms with Gasteiger partial charge in [0.2, 0.25) is 0 Å². The van der Waals surface area contributed by atoms with Crippen molar-refractivity contribution >= 4 is 12.7 Å². The van der Waals surface area contributed by atoms with Gasteiger partial charge in [0.05, 0.1) is 36.8 Å². The van der Waals surface area contributed by atoms with Gasteiger partial charge in [-0.2, -0.15) is 0 Å². The highest BCUT2D eigenvalue weighted by molar-refractivity contribution is 5.59. The van der Waals surface area contributed by atoms with Crippen LogP contribution in [0.5, 0.6) is 0 Å². The zero-order valence-corrected chi connectivity index (χ0v) is 11.1. The van der Waals surface area contributed by atoms with E-state index in [0.717, 1.165) is 13.1 Å². The third-order valence-corrected chi connectivity index (χ3v) is 4.83. The molecule has 0 aromatic heterocycles. The monoisotopic (exact) mass is 248 g/mol. The van der Waals surface area contributed by atoms with Gasteiger partial charge in [-0.05, 0) is 25.7 Å². The first-order chi connectivity index (χ1) is 8.83. The van der Waals surface area contributed by atoms with Gasteiger partial charge >= 0.3 is 0 Å². The number of nitrogens with zero attached hydrogens (tertiary/aromatic N) is 2. The van der Waals surface area contributed by atoms with Crippen LogP contribution in [0.3, 0.4) is 0 Å². The summed E-state index contributed by atoms with van der Waals surface area (Å²) in [5.74, 6) is 0. The van der Waals surface area contributed by atoms with Crippen LogP contribution in [0, 0.1) is 0 Å². The molecule has 2 N–H and O–H groups in total. The van der Waals surface area contributed by atoms with Gasteiger partial charge in [-0.1, -0.05) is 25.7 Å². The molecule has 18 heavy (non-hydrogen) atoms. The van der Waals surface area contributed by atoms with Crippen LogP contribution in [-0.2, 0) is 0 Å². The average Bonchev–Trinajstić information content (AvgIpc) is 3.16. The molecule has 0 bridgehead atoms. The first-order valence-electron chi connectivity index (χ1n) is 7.35. The van der Waals surface area contributed by atoms with E-state index in [-0.39, 0.29) is 0 Å². The Bertz CT molecular complexity index is 282. The highest BCUT2D eigenvalue weighted by Crippen LogP contribution is 2.31. The van der Waals surface area contributed by atoms with Crippen molar-refractivity contribution in [3.05, 3.63) is 0 Å². The Kier molecular flexibility index (Phi) is 3.27. The van der Waals surface area contributed by atoms with E-state index < -0.39 is 0 Å². The Balaban J connectivity index is 0.000000111. The Labute approximate surface area is 109 Å². The molecule has 2 fully saturated rings. The Morgan fingerprint density at radius 3 is 1.33 bits per heavy atom. The number of nitrogens with one attached hydrogen (secondary N) is 2. The van der Waals surface area contributed by atoms with Gasteiger partial charge in [-0.25, -0.2) is 0 Å². The van der Waals surface area contributed by atoms with Crippen molar-refractivity contribution in [1.29, 1.82) is 0 Å². The standard InChI is InChI=1S/2C7H12N2/c2*1-2-4-7(3-1)5-8-6-9-7/h2*6H,1-5H2,(H,8,9). The van der Waals surface area contributed by atoms with E-state index in [1.54, 1.807) is 0 Å². The number of hydrogen-bond donors (Lipinski definition) is 2. The normalized spacial score (nSPS) is 29.3. The van der Waals surface area contributed by atoms with Crippen LogP contribution in [0.15, 0.2) is 9.98 Å². The van der Waals surface area contributed by atoms with Crippen molar-refractivity contribution in [3.63, 3.8) is 0 Å². The summed E-state index contributed by atoms with van der Waals surface area (Å²) in [5, 5.41) is 6.68. The third-order valence-electron chi connectivity index (χ3n) is 4.83. The van der Waals surface area contributed by atoms with E-state index in [4.69, 9.17) is 0 Å². The number of hydrogen-bond acceptors (Lipinski definition) is 4. The molecular weight excluding hydrogens is 224 g/mol. The van der Waals surface area contributed by atoms with Crippen LogP contribution in [0.25, 0.3) is 0 Å². The number of aliphatic imine (C=N–C) groups is 2. The second-order valence-electron chi connectivity index (χ2n) is 6.20. The van der Waals surface area contributed by atoms with Crippen molar-refractivity contribution in [2.75, 3.05) is 13.1 Å². The summed E-state index contributed by atoms with van der Waals surface area (Å²) in [7, 11) is 0. The van der Waals surface area contributed by atoms with Crippen molar-refractivity contribution in [3.8, 4) is 0 Å². The number of rotatable bonds is 0. The lowest BCUT2D eigenvalue weighted by atomic mass is 10.00. The van der Waals surface area contributed by atoms with Crippen molar-refractivity contribution in [1.82, 2.24) is 10.6 Å². The minimum atomic E-state index is 0.417. The predicted octanol–water partition coefficient (Wildman–Crippen LogP) is 1.86. The quantitative estimate of drug-likeness (QED) is 0.687. The van der Waals surface area contributed by atoms with E-state index in [1.807, 2.05) is 12.7 Å². The molecule has 2 aliphatic heterocycles. The van der Waals surface area contributed by atoms with Crippen molar-refractivity contribution in [2.24, 2.45) is 9.98 Å². The van der Waals surface area contributed by atoms with Crippen LogP contribution < -0.4 is 10.6 Å². The second-order valence-corrected chi connectivity index (χ2v) is 6.20. The first kappa shape index (κ1) is 12.0. The molecule has 0 aromatic rings. The lowest BCUT2D eigenvalue weighted by Gasteiger charge is -2.21.